The van der Waals surface area contributed by atoms with Crippen LogP contribution in [0.15, 0.2) is 406 Å². The molecule has 18 aromatic rings. The molecule has 18 rings (SSSR count). The Labute approximate surface area is 757 Å². The smallest absolute Gasteiger partial charge is 0.160 e. The third-order valence-electron chi connectivity index (χ3n) is 21.7. The highest BCUT2D eigenvalue weighted by molar-refractivity contribution is 5.77. The van der Waals surface area contributed by atoms with Crippen LogP contribution in [0.1, 0.15) is 132 Å². The number of nitrogens with zero attached hydrogens (tertiary/aromatic N) is 10. The summed E-state index contributed by atoms with van der Waals surface area (Å²) in [4.78, 5) is 48.5. The maximum absolute atomic E-state index is 4.91. The molecule has 0 aliphatic rings. The van der Waals surface area contributed by atoms with Crippen LogP contribution >= 0.6 is 0 Å². The Morgan fingerprint density at radius 3 is 0.570 bits per heavy atom. The molecule has 0 spiro atoms. The van der Waals surface area contributed by atoms with Gasteiger partial charge in [0.05, 0.1) is 56.9 Å². The second kappa shape index (κ2) is 40.5. The van der Waals surface area contributed by atoms with Crippen LogP contribution < -0.4 is 0 Å². The van der Waals surface area contributed by atoms with Crippen molar-refractivity contribution in [2.24, 2.45) is 0 Å². The molecule has 5 aromatic heterocycles. The summed E-state index contributed by atoms with van der Waals surface area (Å²) >= 11 is 0. The van der Waals surface area contributed by atoms with Gasteiger partial charge >= 0.3 is 0 Å². The maximum Gasteiger partial charge on any atom is 0.160 e. The van der Waals surface area contributed by atoms with Crippen molar-refractivity contribution in [3.05, 3.63) is 435 Å². The van der Waals surface area contributed by atoms with Gasteiger partial charge in [-0.3, -0.25) is 0 Å². The van der Waals surface area contributed by atoms with Crippen LogP contribution in [0.4, 0.5) is 0 Å². The highest BCUT2D eigenvalue weighted by Gasteiger charge is 2.24. The lowest BCUT2D eigenvalue weighted by Gasteiger charge is -2.19. The molecule has 10 heteroatoms. The Kier molecular flexibility index (Phi) is 28.3. The van der Waals surface area contributed by atoms with E-state index in [2.05, 4.69) is 328 Å². The summed E-state index contributed by atoms with van der Waals surface area (Å²) < 4.78 is 0. The number of aromatic nitrogens is 10. The molecule has 0 fully saturated rings. The lowest BCUT2D eigenvalue weighted by molar-refractivity contribution is 0.547. The lowest BCUT2D eigenvalue weighted by Crippen LogP contribution is -2.16. The van der Waals surface area contributed by atoms with Gasteiger partial charge in [-0.25, -0.2) is 49.8 Å². The minimum atomic E-state index is -0.0890. The topological polar surface area (TPSA) is 129 Å². The van der Waals surface area contributed by atoms with Gasteiger partial charge in [0, 0.05) is 83.2 Å². The minimum Gasteiger partial charge on any atom is -0.232 e. The molecule has 0 saturated heterocycles. The summed E-state index contributed by atoms with van der Waals surface area (Å²) in [6.45, 7) is 33.0. The van der Waals surface area contributed by atoms with E-state index in [0.29, 0.717) is 0 Å². The van der Waals surface area contributed by atoms with Crippen molar-refractivity contribution in [3.8, 4) is 147 Å². The molecule has 0 aliphatic heterocycles. The predicted molar refractivity (Wildman–Crippen MR) is 534 cm³/mol. The minimum absolute atomic E-state index is 0.0179. The lowest BCUT2D eigenvalue weighted by atomic mass is 9.86. The molecule has 10 nitrogen and oxygen atoms in total. The number of hydrogen-bond donors (Lipinski definition) is 0. The fraction of sp³-hybridized carbons (Fsp3) is 0.169. The van der Waals surface area contributed by atoms with Crippen molar-refractivity contribution in [2.45, 2.75) is 131 Å². The molecule has 128 heavy (non-hydrogen) atoms. The van der Waals surface area contributed by atoms with Crippen molar-refractivity contribution in [2.75, 3.05) is 0 Å². The fourth-order valence-corrected chi connectivity index (χ4v) is 14.2. The van der Waals surface area contributed by atoms with Crippen molar-refractivity contribution >= 4 is 0 Å². The van der Waals surface area contributed by atoms with E-state index in [-0.39, 0.29) is 27.1 Å². The van der Waals surface area contributed by atoms with Gasteiger partial charge in [0.25, 0.3) is 0 Å². The molecule has 0 bridgehead atoms. The van der Waals surface area contributed by atoms with Gasteiger partial charge in [-0.2, -0.15) is 0 Å². The molecular weight excluding hydrogens is 1560 g/mol. The monoisotopic (exact) mass is 1670 g/mol. The first-order chi connectivity index (χ1) is 61.6. The van der Waals surface area contributed by atoms with Crippen LogP contribution in [-0.2, 0) is 27.1 Å². The Morgan fingerprint density at radius 1 is 0.133 bits per heavy atom. The SMILES string of the molecule is CC(C)(C)c1cc(-c2ccccc2)nc(-c2ccccc2)n1.CC(C)(C)c1ccc(-c2cc(-c3ccccc3)nc(-c3ccccc3)n2)cc1.CC(C)(C)c1ccc(-c2nc(-c3ccccc3)cc(-c3ccccc3)n2)cc1.CC(C)(C)c1cccc(-c2nc(-c3ccccc3)cc(-c3ccccc3)n2)c1.CC(C)(C)c1nc(-c2ccccc2)cc(-c2ccccc2)n1. The first-order valence-corrected chi connectivity index (χ1v) is 43.9. The molecule has 0 amide bonds. The molecular formula is C118H112N10. The van der Waals surface area contributed by atoms with E-state index in [4.69, 9.17) is 49.8 Å². The first kappa shape index (κ1) is 89.5. The van der Waals surface area contributed by atoms with Gasteiger partial charge in [-0.15, -0.1) is 0 Å². The molecule has 0 saturated carbocycles. The summed E-state index contributed by atoms with van der Waals surface area (Å²) in [5.41, 5.74) is 27.8. The van der Waals surface area contributed by atoms with E-state index < -0.39 is 0 Å². The molecule has 0 atom stereocenters. The predicted octanol–water partition coefficient (Wildman–Crippen LogP) is 30.5. The maximum atomic E-state index is 4.91. The number of benzene rings is 13. The van der Waals surface area contributed by atoms with Crippen molar-refractivity contribution in [1.29, 1.82) is 0 Å². The second-order valence-corrected chi connectivity index (χ2v) is 37.0. The van der Waals surface area contributed by atoms with E-state index in [1.54, 1.807) is 0 Å². The number of rotatable bonds is 13. The first-order valence-electron chi connectivity index (χ1n) is 43.9. The Hall–Kier alpha value is -14.7. The van der Waals surface area contributed by atoms with Gasteiger partial charge in [-0.1, -0.05) is 474 Å². The van der Waals surface area contributed by atoms with E-state index in [1.165, 1.54) is 16.7 Å². The van der Waals surface area contributed by atoms with Crippen LogP contribution in [-0.4, -0.2) is 49.8 Å². The largest absolute Gasteiger partial charge is 0.232 e. The Balaban J connectivity index is 0.000000130. The summed E-state index contributed by atoms with van der Waals surface area (Å²) in [5.74, 6) is 3.91. The van der Waals surface area contributed by atoms with Crippen LogP contribution in [0.3, 0.4) is 0 Å². The summed E-state index contributed by atoms with van der Waals surface area (Å²) in [6, 6.07) is 139. The zero-order valence-electron chi connectivity index (χ0n) is 76.2. The van der Waals surface area contributed by atoms with Gasteiger partial charge in [0.15, 0.2) is 23.3 Å². The highest BCUT2D eigenvalue weighted by atomic mass is 14.9. The molecule has 0 radical (unpaired) electrons. The zero-order chi connectivity index (χ0) is 89.8. The van der Waals surface area contributed by atoms with Crippen molar-refractivity contribution in [1.82, 2.24) is 49.8 Å². The van der Waals surface area contributed by atoms with E-state index in [9.17, 15) is 0 Å². The molecule has 0 N–H and O–H groups in total. The summed E-state index contributed by atoms with van der Waals surface area (Å²) in [7, 11) is 0. The second-order valence-electron chi connectivity index (χ2n) is 37.0. The van der Waals surface area contributed by atoms with Crippen LogP contribution in [0.2, 0.25) is 0 Å². The van der Waals surface area contributed by atoms with Crippen LogP contribution in [0.5, 0.6) is 0 Å². The molecule has 0 aliphatic carbocycles. The summed E-state index contributed by atoms with van der Waals surface area (Å²) in [5, 5.41) is 0. The Morgan fingerprint density at radius 2 is 0.328 bits per heavy atom. The normalized spacial score (nSPS) is 11.4. The van der Waals surface area contributed by atoms with Gasteiger partial charge in [0.2, 0.25) is 0 Å². The van der Waals surface area contributed by atoms with Gasteiger partial charge in [0.1, 0.15) is 5.82 Å². The van der Waals surface area contributed by atoms with Crippen LogP contribution in [0, 0.1) is 0 Å². The Bertz CT molecular complexity index is 5990. The van der Waals surface area contributed by atoms with Gasteiger partial charge < -0.3 is 0 Å². The molecule has 5 heterocycles. The van der Waals surface area contributed by atoms with E-state index in [0.717, 1.165) is 158 Å². The van der Waals surface area contributed by atoms with Gasteiger partial charge in [-0.05, 0) is 69.3 Å². The fourth-order valence-electron chi connectivity index (χ4n) is 14.2. The standard InChI is InChI=1S/3C26H24N2.2C20H20N2/c1-26(2,3)22-16-10-15-21(17-22)25-27-23(19-11-6-4-7-12-19)18-24(28-25)20-13-8-5-9-14-20;1-26(2,3)22-16-14-20(15-17-22)24-18-23(19-10-6-4-7-11-19)27-25(28-24)21-12-8-5-9-13-21;1-26(2,3)22-16-14-21(15-17-22)25-27-23(19-10-6-4-7-11-19)18-24(28-25)20-12-8-5-9-13-20;1-20(2,3)18-14-17(15-10-6-4-7-11-15)21-19(22-18)16-12-8-5-9-13-16;1-20(2,3)19-21-17(15-10-6-4-7-11-15)14-18(22-19)16-12-8-5-9-13-16/h3*4-18H,1-3H3;2*4-14H,1-3H3. The van der Waals surface area contributed by atoms with Crippen molar-refractivity contribution in [3.63, 3.8) is 0 Å². The quantitative estimate of drug-likeness (QED) is 0.110. The van der Waals surface area contributed by atoms with Crippen LogP contribution in [0.25, 0.3) is 147 Å². The van der Waals surface area contributed by atoms with E-state index in [1.807, 2.05) is 182 Å². The third kappa shape index (κ3) is 24.0. The van der Waals surface area contributed by atoms with E-state index >= 15 is 0 Å². The molecule has 634 valence electrons. The van der Waals surface area contributed by atoms with Crippen molar-refractivity contribution < 1.29 is 0 Å². The third-order valence-corrected chi connectivity index (χ3v) is 21.7. The highest BCUT2D eigenvalue weighted by Crippen LogP contribution is 2.37. The molecule has 13 aromatic carbocycles. The average Bonchev–Trinajstić information content (AvgIpc) is 0.819. The number of hydrogen-bond acceptors (Lipinski definition) is 10. The summed E-state index contributed by atoms with van der Waals surface area (Å²) in [6.07, 6.45) is 0. The average molecular weight is 1670 g/mol. The molecule has 0 unspecified atom stereocenters. The zero-order valence-corrected chi connectivity index (χ0v) is 76.2.